The van der Waals surface area contributed by atoms with Crippen LogP contribution in [0.5, 0.6) is 0 Å². The summed E-state index contributed by atoms with van der Waals surface area (Å²) in [5, 5.41) is 9.11. The number of rotatable bonds is 4. The average Bonchev–Trinajstić information content (AvgIpc) is 2.81. The second-order valence-corrected chi connectivity index (χ2v) is 5.45. The Morgan fingerprint density at radius 2 is 2.14 bits per heavy atom. The van der Waals surface area contributed by atoms with E-state index >= 15 is 0 Å². The molecule has 0 saturated carbocycles. The van der Waals surface area contributed by atoms with Gasteiger partial charge < -0.3 is 10.1 Å². The van der Waals surface area contributed by atoms with E-state index in [1.807, 2.05) is 0 Å². The van der Waals surface area contributed by atoms with Gasteiger partial charge >= 0.3 is 11.7 Å². The van der Waals surface area contributed by atoms with Crippen molar-refractivity contribution in [1.82, 2.24) is 14.9 Å². The first-order valence-corrected chi connectivity index (χ1v) is 7.19. The number of hydrogen-bond acceptors (Lipinski definition) is 6. The molecule has 0 aliphatic carbocycles. The number of thioether (sulfide) groups is 1. The molecule has 1 aliphatic heterocycles. The van der Waals surface area contributed by atoms with Crippen molar-refractivity contribution in [3.8, 4) is 0 Å². The molecule has 2 N–H and O–H groups in total. The number of aromatic carboxylic acids is 1. The topological polar surface area (TPSA) is 120 Å². The maximum Gasteiger partial charge on any atom is 0.346 e. The number of amides is 2. The van der Waals surface area contributed by atoms with Gasteiger partial charge in [-0.2, -0.15) is 4.98 Å². The van der Waals surface area contributed by atoms with Gasteiger partial charge in [-0.25, -0.2) is 9.59 Å². The quantitative estimate of drug-likeness (QED) is 0.594. The van der Waals surface area contributed by atoms with Gasteiger partial charge in [0.2, 0.25) is 11.8 Å². The molecule has 0 aromatic carbocycles. The zero-order valence-corrected chi connectivity index (χ0v) is 12.0. The van der Waals surface area contributed by atoms with Crippen LogP contribution in [-0.2, 0) is 9.59 Å². The summed E-state index contributed by atoms with van der Waals surface area (Å²) in [6.07, 6.45) is 0.983. The van der Waals surface area contributed by atoms with Gasteiger partial charge in [-0.05, 0) is 13.3 Å². The van der Waals surface area contributed by atoms with Crippen LogP contribution >= 0.6 is 11.8 Å². The Bertz CT molecular complexity index is 669. The van der Waals surface area contributed by atoms with Crippen LogP contribution in [-0.4, -0.2) is 50.1 Å². The molecule has 9 heteroatoms. The number of aryl methyl sites for hydroxylation is 1. The summed E-state index contributed by atoms with van der Waals surface area (Å²) in [4.78, 5) is 52.9. The van der Waals surface area contributed by atoms with Crippen molar-refractivity contribution in [2.75, 3.05) is 12.3 Å². The lowest BCUT2D eigenvalue weighted by molar-refractivity contribution is -0.140. The van der Waals surface area contributed by atoms with E-state index in [0.717, 1.165) is 16.7 Å². The highest BCUT2D eigenvalue weighted by Crippen LogP contribution is 2.22. The van der Waals surface area contributed by atoms with E-state index in [1.54, 1.807) is 0 Å². The third kappa shape index (κ3) is 3.30. The largest absolute Gasteiger partial charge is 0.478 e. The molecule has 2 amide bonds. The minimum atomic E-state index is -1.23. The highest BCUT2D eigenvalue weighted by atomic mass is 32.2. The summed E-state index contributed by atoms with van der Waals surface area (Å²) in [6.45, 7) is 1.83. The van der Waals surface area contributed by atoms with Crippen molar-refractivity contribution in [3.63, 3.8) is 0 Å². The van der Waals surface area contributed by atoms with Crippen LogP contribution in [0.4, 0.5) is 0 Å². The van der Waals surface area contributed by atoms with Gasteiger partial charge in [0.05, 0.1) is 5.75 Å². The second kappa shape index (κ2) is 6.08. The number of nitrogens with zero attached hydrogens (tertiary/aromatic N) is 2. The number of carboxylic acid groups (broad SMARTS) is 1. The Kier molecular flexibility index (Phi) is 4.41. The smallest absolute Gasteiger partial charge is 0.346 e. The molecule has 0 spiro atoms. The number of aromatic amines is 1. The summed E-state index contributed by atoms with van der Waals surface area (Å²) in [5.41, 5.74) is -0.639. The molecular formula is C12H13N3O5S. The van der Waals surface area contributed by atoms with E-state index in [9.17, 15) is 19.2 Å². The molecule has 0 atom stereocenters. The van der Waals surface area contributed by atoms with Crippen molar-refractivity contribution in [2.45, 2.75) is 24.8 Å². The lowest BCUT2D eigenvalue weighted by atomic mass is 10.2. The molecule has 112 valence electrons. The average molecular weight is 311 g/mol. The van der Waals surface area contributed by atoms with E-state index < -0.39 is 17.6 Å². The van der Waals surface area contributed by atoms with Crippen LogP contribution in [0.2, 0.25) is 0 Å². The number of hydrogen-bond donors (Lipinski definition) is 2. The summed E-state index contributed by atoms with van der Waals surface area (Å²) < 4.78 is 0. The van der Waals surface area contributed by atoms with E-state index in [-0.39, 0.29) is 27.9 Å². The first kappa shape index (κ1) is 15.2. The van der Waals surface area contributed by atoms with Crippen LogP contribution in [0.15, 0.2) is 9.82 Å². The summed E-state index contributed by atoms with van der Waals surface area (Å²) in [7, 11) is 0. The van der Waals surface area contributed by atoms with E-state index in [2.05, 4.69) is 9.97 Å². The van der Waals surface area contributed by atoms with Crippen LogP contribution < -0.4 is 5.69 Å². The Morgan fingerprint density at radius 1 is 1.43 bits per heavy atom. The van der Waals surface area contributed by atoms with Gasteiger partial charge in [-0.1, -0.05) is 11.8 Å². The maximum absolute atomic E-state index is 11.9. The number of carbonyl (C=O) groups excluding carboxylic acids is 2. The standard InChI is InChI=1S/C12H13N3O5S/c1-6-9(11(18)19)10(14-12(20)13-6)21-5-8(17)15-4-2-3-7(15)16/h2-5H2,1H3,(H,18,19)(H,13,14,20). The normalized spacial score (nSPS) is 14.5. The maximum atomic E-state index is 11.9. The lowest BCUT2D eigenvalue weighted by Crippen LogP contribution is -2.33. The molecule has 1 aromatic heterocycles. The SMILES string of the molecule is Cc1[nH]c(=O)nc(SCC(=O)N2CCCC2=O)c1C(=O)O. The Hall–Kier alpha value is -2.16. The summed E-state index contributed by atoms with van der Waals surface area (Å²) >= 11 is 0.845. The fourth-order valence-electron chi connectivity index (χ4n) is 2.04. The zero-order chi connectivity index (χ0) is 15.6. The minimum Gasteiger partial charge on any atom is -0.478 e. The number of likely N-dealkylation sites (tertiary alicyclic amines) is 1. The van der Waals surface area contributed by atoms with Crippen molar-refractivity contribution in [1.29, 1.82) is 0 Å². The summed E-state index contributed by atoms with van der Waals surface area (Å²) in [5.74, 6) is -2.00. The van der Waals surface area contributed by atoms with Gasteiger partial charge in [0.25, 0.3) is 0 Å². The lowest BCUT2D eigenvalue weighted by Gasteiger charge is -2.13. The first-order chi connectivity index (χ1) is 9.90. The molecule has 2 rings (SSSR count). The van der Waals surface area contributed by atoms with Gasteiger partial charge in [-0.3, -0.25) is 14.5 Å². The van der Waals surface area contributed by atoms with Crippen LogP contribution in [0.1, 0.15) is 28.9 Å². The molecule has 1 fully saturated rings. The molecule has 0 radical (unpaired) electrons. The fourth-order valence-corrected chi connectivity index (χ4v) is 2.98. The van der Waals surface area contributed by atoms with Crippen LogP contribution in [0.25, 0.3) is 0 Å². The Labute approximate surface area is 123 Å². The molecule has 1 aliphatic rings. The highest BCUT2D eigenvalue weighted by Gasteiger charge is 2.27. The van der Waals surface area contributed by atoms with Gasteiger partial charge in [0.15, 0.2) is 0 Å². The Morgan fingerprint density at radius 3 is 2.71 bits per heavy atom. The molecule has 0 bridgehead atoms. The van der Waals surface area contributed by atoms with Gasteiger partial charge in [0.1, 0.15) is 10.6 Å². The third-order valence-electron chi connectivity index (χ3n) is 3.01. The van der Waals surface area contributed by atoms with Crippen LogP contribution in [0, 0.1) is 6.92 Å². The monoisotopic (exact) mass is 311 g/mol. The molecule has 0 unspecified atom stereocenters. The number of carbonyl (C=O) groups is 3. The van der Waals surface area contributed by atoms with E-state index in [0.29, 0.717) is 19.4 Å². The number of aromatic nitrogens is 2. The van der Waals surface area contributed by atoms with Crippen molar-refractivity contribution >= 4 is 29.5 Å². The minimum absolute atomic E-state index is 0.0243. The van der Waals surface area contributed by atoms with Gasteiger partial charge in [-0.15, -0.1) is 0 Å². The summed E-state index contributed by atoms with van der Waals surface area (Å²) in [6, 6.07) is 0. The third-order valence-corrected chi connectivity index (χ3v) is 3.97. The molecule has 21 heavy (non-hydrogen) atoms. The van der Waals surface area contributed by atoms with Crippen molar-refractivity contribution < 1.29 is 19.5 Å². The van der Waals surface area contributed by atoms with Crippen molar-refractivity contribution in [3.05, 3.63) is 21.7 Å². The molecule has 2 heterocycles. The first-order valence-electron chi connectivity index (χ1n) is 6.20. The molecule has 1 saturated heterocycles. The van der Waals surface area contributed by atoms with E-state index in [4.69, 9.17) is 5.11 Å². The molecule has 1 aromatic rings. The zero-order valence-electron chi connectivity index (χ0n) is 11.2. The molecule has 8 nitrogen and oxygen atoms in total. The predicted octanol–water partition coefficient (Wildman–Crippen LogP) is 0.0176. The van der Waals surface area contributed by atoms with Crippen LogP contribution in [0.3, 0.4) is 0 Å². The number of carboxylic acids is 1. The molecular weight excluding hydrogens is 298 g/mol. The number of imide groups is 1. The second-order valence-electron chi connectivity index (χ2n) is 4.48. The van der Waals surface area contributed by atoms with Crippen molar-refractivity contribution in [2.24, 2.45) is 0 Å². The Balaban J connectivity index is 2.16. The number of nitrogens with one attached hydrogen (secondary N) is 1. The van der Waals surface area contributed by atoms with Gasteiger partial charge in [0, 0.05) is 18.7 Å². The fraction of sp³-hybridized carbons (Fsp3) is 0.417. The van der Waals surface area contributed by atoms with E-state index in [1.165, 1.54) is 6.92 Å². The highest BCUT2D eigenvalue weighted by molar-refractivity contribution is 8.00. The predicted molar refractivity (Wildman–Crippen MR) is 73.2 cm³/mol. The number of H-pyrrole nitrogens is 1.